The van der Waals surface area contributed by atoms with Crippen LogP contribution in [0.2, 0.25) is 0 Å². The van der Waals surface area contributed by atoms with E-state index in [1.165, 1.54) is 22.7 Å². The molecule has 0 bridgehead atoms. The van der Waals surface area contributed by atoms with Gasteiger partial charge in [-0.1, -0.05) is 54.6 Å². The fourth-order valence-electron chi connectivity index (χ4n) is 5.41. The van der Waals surface area contributed by atoms with Crippen molar-refractivity contribution in [2.45, 2.75) is 37.3 Å². The fraction of sp³-hybridized carbons (Fsp3) is 0.400. The Morgan fingerprint density at radius 3 is 2.38 bits per heavy atom. The Hall–Kier alpha value is -3.34. The van der Waals surface area contributed by atoms with Crippen molar-refractivity contribution in [3.05, 3.63) is 83.7 Å². The quantitative estimate of drug-likeness (QED) is 0.393. The summed E-state index contributed by atoms with van der Waals surface area (Å²) in [6, 6.07) is 19.9. The largest absolute Gasteiger partial charge is 0.344 e. The summed E-state index contributed by atoms with van der Waals surface area (Å²) in [7, 11) is -3.32. The molecule has 5 rings (SSSR count). The zero-order valence-corrected chi connectivity index (χ0v) is 23.4. The lowest BCUT2D eigenvalue weighted by Crippen LogP contribution is -2.56. The molecule has 3 aromatic rings. The molecule has 212 valence electrons. The minimum Gasteiger partial charge on any atom is -0.344 e. The molecule has 1 aliphatic heterocycles. The first-order chi connectivity index (χ1) is 19.2. The number of rotatable bonds is 10. The summed E-state index contributed by atoms with van der Waals surface area (Å²) in [6.07, 6.45) is 2.66. The van der Waals surface area contributed by atoms with Crippen LogP contribution in [-0.2, 0) is 26.0 Å². The standard InChI is InChI=1S/C30H35FN4O4S/c1-40(38,39)35-16-14-34(15-17-35)30(37)27(12-13-32-28-20-26(28)23-8-10-25(31)11-9-23)33-29(36)19-21-6-7-22-4-2-3-5-24(22)18-21/h2-11,18,26-28,32H,12-17,19-20H2,1H3,(H,33,36)/t26-,27?,28+/m0/s1. The van der Waals surface area contributed by atoms with E-state index in [-0.39, 0.29) is 56.3 Å². The molecule has 8 nitrogen and oxygen atoms in total. The van der Waals surface area contributed by atoms with E-state index in [0.29, 0.717) is 18.9 Å². The van der Waals surface area contributed by atoms with Gasteiger partial charge >= 0.3 is 0 Å². The molecule has 1 saturated carbocycles. The maximum Gasteiger partial charge on any atom is 0.245 e. The monoisotopic (exact) mass is 566 g/mol. The van der Waals surface area contributed by atoms with Crippen LogP contribution in [0.1, 0.15) is 29.9 Å². The van der Waals surface area contributed by atoms with Gasteiger partial charge in [0.05, 0.1) is 12.7 Å². The first-order valence-corrected chi connectivity index (χ1v) is 15.5. The summed E-state index contributed by atoms with van der Waals surface area (Å²) in [5.41, 5.74) is 1.95. The minimum atomic E-state index is -3.32. The molecule has 10 heteroatoms. The minimum absolute atomic E-state index is 0.152. The van der Waals surface area contributed by atoms with Crippen molar-refractivity contribution in [1.82, 2.24) is 19.8 Å². The van der Waals surface area contributed by atoms with Crippen LogP contribution in [0.5, 0.6) is 0 Å². The van der Waals surface area contributed by atoms with Crippen LogP contribution in [-0.4, -0.2) is 80.5 Å². The average molecular weight is 567 g/mol. The van der Waals surface area contributed by atoms with Crippen LogP contribution < -0.4 is 10.6 Å². The first-order valence-electron chi connectivity index (χ1n) is 13.7. The highest BCUT2D eigenvalue weighted by molar-refractivity contribution is 7.88. The third-order valence-corrected chi connectivity index (χ3v) is 9.06. The van der Waals surface area contributed by atoms with Crippen LogP contribution in [0.4, 0.5) is 4.39 Å². The molecule has 2 aliphatic rings. The van der Waals surface area contributed by atoms with Crippen LogP contribution in [0, 0.1) is 5.82 Å². The predicted molar refractivity (Wildman–Crippen MR) is 153 cm³/mol. The van der Waals surface area contributed by atoms with Crippen LogP contribution in [0.15, 0.2) is 66.7 Å². The van der Waals surface area contributed by atoms with Gasteiger partial charge in [-0.2, -0.15) is 4.31 Å². The number of piperazine rings is 1. The van der Waals surface area contributed by atoms with E-state index in [0.717, 1.165) is 28.3 Å². The number of halogens is 1. The summed E-state index contributed by atoms with van der Waals surface area (Å²) >= 11 is 0. The van der Waals surface area contributed by atoms with Crippen molar-refractivity contribution in [3.63, 3.8) is 0 Å². The number of fused-ring (bicyclic) bond motifs is 1. The maximum absolute atomic E-state index is 13.5. The second kappa shape index (κ2) is 12.0. The van der Waals surface area contributed by atoms with Crippen LogP contribution >= 0.6 is 0 Å². The third-order valence-electron chi connectivity index (χ3n) is 7.76. The van der Waals surface area contributed by atoms with Gasteiger partial charge in [0.15, 0.2) is 0 Å². The number of carbonyl (C=O) groups excluding carboxylic acids is 2. The Balaban J connectivity index is 1.20. The molecule has 0 spiro atoms. The van der Waals surface area contributed by atoms with Crippen molar-refractivity contribution in [2.75, 3.05) is 39.0 Å². The predicted octanol–water partition coefficient (Wildman–Crippen LogP) is 2.65. The zero-order chi connectivity index (χ0) is 28.3. The molecule has 1 aliphatic carbocycles. The van der Waals surface area contributed by atoms with Gasteiger partial charge < -0.3 is 15.5 Å². The van der Waals surface area contributed by atoms with Gasteiger partial charge in [0.1, 0.15) is 11.9 Å². The lowest BCUT2D eigenvalue weighted by Gasteiger charge is -2.35. The SMILES string of the molecule is CS(=O)(=O)N1CCN(C(=O)C(CCN[C@@H]2C[C@H]2c2ccc(F)cc2)NC(=O)Cc2ccc3ccccc3c2)CC1. The number of hydrogen-bond donors (Lipinski definition) is 2. The van der Waals surface area contributed by atoms with Crippen molar-refractivity contribution in [2.24, 2.45) is 0 Å². The molecule has 1 unspecified atom stereocenters. The highest BCUT2D eigenvalue weighted by Gasteiger charge is 2.38. The van der Waals surface area contributed by atoms with Crippen molar-refractivity contribution >= 4 is 32.6 Å². The van der Waals surface area contributed by atoms with E-state index in [2.05, 4.69) is 10.6 Å². The molecule has 3 aromatic carbocycles. The molecule has 40 heavy (non-hydrogen) atoms. The molecular formula is C30H35FN4O4S. The number of benzene rings is 3. The zero-order valence-electron chi connectivity index (χ0n) is 22.6. The van der Waals surface area contributed by atoms with Crippen molar-refractivity contribution in [1.29, 1.82) is 0 Å². The number of carbonyl (C=O) groups is 2. The molecule has 1 heterocycles. The Labute approximate surface area is 234 Å². The summed E-state index contributed by atoms with van der Waals surface area (Å²) in [4.78, 5) is 28.2. The van der Waals surface area contributed by atoms with Gasteiger partial charge in [0.25, 0.3) is 0 Å². The normalized spacial score (nSPS) is 20.3. The van der Waals surface area contributed by atoms with Gasteiger partial charge in [-0.05, 0) is 53.4 Å². The Bertz CT molecular complexity index is 1470. The number of nitrogens with one attached hydrogen (secondary N) is 2. The van der Waals surface area contributed by atoms with Crippen LogP contribution in [0.3, 0.4) is 0 Å². The van der Waals surface area contributed by atoms with Crippen LogP contribution in [0.25, 0.3) is 10.8 Å². The number of nitrogens with zero attached hydrogens (tertiary/aromatic N) is 2. The van der Waals surface area contributed by atoms with Gasteiger partial charge in [-0.3, -0.25) is 9.59 Å². The highest BCUT2D eigenvalue weighted by Crippen LogP contribution is 2.40. The number of amides is 2. The molecule has 0 radical (unpaired) electrons. The number of hydrogen-bond acceptors (Lipinski definition) is 5. The van der Waals surface area contributed by atoms with Crippen molar-refractivity contribution in [3.8, 4) is 0 Å². The Morgan fingerprint density at radius 2 is 1.68 bits per heavy atom. The highest BCUT2D eigenvalue weighted by atomic mass is 32.2. The van der Waals surface area contributed by atoms with E-state index in [1.807, 2.05) is 42.5 Å². The van der Waals surface area contributed by atoms with E-state index in [4.69, 9.17) is 0 Å². The van der Waals surface area contributed by atoms with E-state index >= 15 is 0 Å². The van der Waals surface area contributed by atoms with E-state index < -0.39 is 16.1 Å². The first kappa shape index (κ1) is 28.2. The third kappa shape index (κ3) is 7.04. The molecule has 0 aromatic heterocycles. The molecule has 1 saturated heterocycles. The average Bonchev–Trinajstić information content (AvgIpc) is 3.71. The summed E-state index contributed by atoms with van der Waals surface area (Å²) in [5, 5.41) is 8.57. The van der Waals surface area contributed by atoms with Gasteiger partial charge in [-0.15, -0.1) is 0 Å². The lowest BCUT2D eigenvalue weighted by molar-refractivity contribution is -0.137. The summed E-state index contributed by atoms with van der Waals surface area (Å²) < 4.78 is 38.4. The topological polar surface area (TPSA) is 98.8 Å². The molecule has 3 atom stereocenters. The van der Waals surface area contributed by atoms with Gasteiger partial charge in [-0.25, -0.2) is 12.8 Å². The second-order valence-electron chi connectivity index (χ2n) is 10.7. The molecular weight excluding hydrogens is 531 g/mol. The van der Waals surface area contributed by atoms with Gasteiger partial charge in [0.2, 0.25) is 21.8 Å². The van der Waals surface area contributed by atoms with Crippen molar-refractivity contribution < 1.29 is 22.4 Å². The Morgan fingerprint density at radius 1 is 0.975 bits per heavy atom. The van der Waals surface area contributed by atoms with E-state index in [1.54, 1.807) is 17.0 Å². The smallest absolute Gasteiger partial charge is 0.245 e. The fourth-order valence-corrected chi connectivity index (χ4v) is 6.24. The number of sulfonamides is 1. The second-order valence-corrected chi connectivity index (χ2v) is 12.7. The summed E-state index contributed by atoms with van der Waals surface area (Å²) in [6.45, 7) is 1.57. The maximum atomic E-state index is 13.5. The molecule has 2 N–H and O–H groups in total. The van der Waals surface area contributed by atoms with E-state index in [9.17, 15) is 22.4 Å². The Kier molecular flexibility index (Phi) is 8.48. The lowest BCUT2D eigenvalue weighted by atomic mass is 10.0. The van der Waals surface area contributed by atoms with Gasteiger partial charge in [0, 0.05) is 38.1 Å². The molecule has 2 amide bonds. The molecule has 2 fully saturated rings. The summed E-state index contributed by atoms with van der Waals surface area (Å²) in [5.74, 6) is -0.389.